The Hall–Kier alpha value is -6.20. The van der Waals surface area contributed by atoms with Crippen molar-refractivity contribution in [2.75, 3.05) is 0 Å². The van der Waals surface area contributed by atoms with E-state index in [4.69, 9.17) is 15.0 Å². The van der Waals surface area contributed by atoms with Crippen LogP contribution in [0.4, 0.5) is 0 Å². The molecule has 0 atom stereocenters. The molecule has 2 heterocycles. The largest absolute Gasteiger partial charge is 0.309 e. The second-order valence-corrected chi connectivity index (χ2v) is 11.6. The van der Waals surface area contributed by atoms with Crippen LogP contribution in [-0.4, -0.2) is 25.3 Å². The predicted molar refractivity (Wildman–Crippen MR) is 184 cm³/mol. The molecule has 46 heavy (non-hydrogen) atoms. The summed E-state index contributed by atoms with van der Waals surface area (Å²) in [5, 5.41) is 2.25. The zero-order valence-electron chi connectivity index (χ0n) is 24.8. The lowest BCUT2D eigenvalue weighted by Crippen LogP contribution is -2.12. The Morgan fingerprint density at radius 3 is 1.80 bits per heavy atom. The van der Waals surface area contributed by atoms with Crippen LogP contribution in [0.3, 0.4) is 0 Å². The Morgan fingerprint density at radius 1 is 0.457 bits per heavy atom. The van der Waals surface area contributed by atoms with Gasteiger partial charge in [-0.25, -0.2) is 15.0 Å². The molecular weight excluding hydrogens is 564 g/mol. The first kappa shape index (κ1) is 26.2. The first-order chi connectivity index (χ1) is 22.7. The predicted octanol–water partition coefficient (Wildman–Crippen LogP) is 9.38. The second kappa shape index (κ2) is 10.5. The Labute approximate surface area is 265 Å². The molecule has 5 heteroatoms. The number of hydrogen-bond acceptors (Lipinski definition) is 4. The Kier molecular flexibility index (Phi) is 5.96. The number of Topliss-reactive ketones (excluding diaryl/α,β-unsaturated/α-hetero) is 1. The lowest BCUT2D eigenvalue weighted by atomic mass is 9.84. The van der Waals surface area contributed by atoms with Crippen molar-refractivity contribution in [2.45, 2.75) is 6.42 Å². The molecule has 1 aliphatic carbocycles. The third kappa shape index (κ3) is 4.25. The summed E-state index contributed by atoms with van der Waals surface area (Å²) in [6.45, 7) is 0. The van der Waals surface area contributed by atoms with Gasteiger partial charge in [-0.05, 0) is 47.0 Å². The van der Waals surface area contributed by atoms with Crippen LogP contribution in [0.1, 0.15) is 15.9 Å². The minimum atomic E-state index is 0.147. The lowest BCUT2D eigenvalue weighted by molar-refractivity contribution is 0.0992. The highest BCUT2D eigenvalue weighted by molar-refractivity contribution is 6.16. The lowest BCUT2D eigenvalue weighted by Gasteiger charge is -2.19. The van der Waals surface area contributed by atoms with E-state index in [-0.39, 0.29) is 5.78 Å². The minimum Gasteiger partial charge on any atom is -0.309 e. The van der Waals surface area contributed by atoms with Gasteiger partial charge in [0.15, 0.2) is 23.3 Å². The van der Waals surface area contributed by atoms with Gasteiger partial charge in [0, 0.05) is 45.1 Å². The van der Waals surface area contributed by atoms with Crippen molar-refractivity contribution >= 4 is 27.6 Å². The summed E-state index contributed by atoms with van der Waals surface area (Å²) in [5.74, 6) is 1.99. The summed E-state index contributed by atoms with van der Waals surface area (Å²) in [6.07, 6.45) is 0.414. The average Bonchev–Trinajstić information content (AvgIpc) is 3.45. The molecule has 0 fully saturated rings. The van der Waals surface area contributed by atoms with Gasteiger partial charge < -0.3 is 4.57 Å². The summed E-state index contributed by atoms with van der Waals surface area (Å²) >= 11 is 0. The first-order valence-electron chi connectivity index (χ1n) is 15.4. The van der Waals surface area contributed by atoms with Gasteiger partial charge in [-0.2, -0.15) is 0 Å². The maximum atomic E-state index is 13.5. The highest BCUT2D eigenvalue weighted by Crippen LogP contribution is 2.40. The summed E-state index contributed by atoms with van der Waals surface area (Å²) in [6, 6.07) is 49.3. The average molecular weight is 591 g/mol. The van der Waals surface area contributed by atoms with Crippen molar-refractivity contribution in [1.29, 1.82) is 0 Å². The molecular formula is C41H26N4O. The number of hydrogen-bond donors (Lipinski definition) is 0. The molecule has 0 radical (unpaired) electrons. The smallest absolute Gasteiger partial charge is 0.167 e. The fourth-order valence-electron chi connectivity index (χ4n) is 6.67. The van der Waals surface area contributed by atoms with Crippen LogP contribution in [0.25, 0.3) is 72.8 Å². The third-order valence-electron chi connectivity index (χ3n) is 8.83. The van der Waals surface area contributed by atoms with Crippen LogP contribution >= 0.6 is 0 Å². The Balaban J connectivity index is 1.26. The van der Waals surface area contributed by atoms with E-state index in [0.717, 1.165) is 66.4 Å². The number of para-hydroxylation sites is 1. The fraction of sp³-hybridized carbons (Fsp3) is 0.0244. The van der Waals surface area contributed by atoms with Gasteiger partial charge in [-0.3, -0.25) is 4.79 Å². The molecule has 0 amide bonds. The number of ketones is 1. The van der Waals surface area contributed by atoms with E-state index in [0.29, 0.717) is 23.9 Å². The van der Waals surface area contributed by atoms with Crippen molar-refractivity contribution in [3.63, 3.8) is 0 Å². The molecule has 8 aromatic rings. The number of aromatic nitrogens is 4. The van der Waals surface area contributed by atoms with Crippen LogP contribution in [-0.2, 0) is 6.42 Å². The van der Waals surface area contributed by atoms with Crippen molar-refractivity contribution in [1.82, 2.24) is 19.5 Å². The van der Waals surface area contributed by atoms with E-state index in [1.807, 2.05) is 84.9 Å². The number of benzene rings is 6. The van der Waals surface area contributed by atoms with Gasteiger partial charge in [0.2, 0.25) is 0 Å². The molecule has 9 rings (SSSR count). The zero-order valence-corrected chi connectivity index (χ0v) is 24.8. The van der Waals surface area contributed by atoms with Crippen LogP contribution < -0.4 is 0 Å². The topological polar surface area (TPSA) is 60.7 Å². The Morgan fingerprint density at radius 2 is 1.07 bits per heavy atom. The molecule has 6 aromatic carbocycles. The van der Waals surface area contributed by atoms with Crippen molar-refractivity contribution in [2.24, 2.45) is 0 Å². The molecule has 216 valence electrons. The molecule has 0 saturated heterocycles. The summed E-state index contributed by atoms with van der Waals surface area (Å²) in [4.78, 5) is 28.2. The van der Waals surface area contributed by atoms with Gasteiger partial charge in [0.05, 0.1) is 11.0 Å². The maximum Gasteiger partial charge on any atom is 0.167 e. The van der Waals surface area contributed by atoms with Crippen LogP contribution in [0.5, 0.6) is 0 Å². The third-order valence-corrected chi connectivity index (χ3v) is 8.83. The molecule has 0 N–H and O–H groups in total. The van der Waals surface area contributed by atoms with E-state index in [1.165, 1.54) is 0 Å². The van der Waals surface area contributed by atoms with E-state index >= 15 is 0 Å². The molecule has 0 aliphatic heterocycles. The standard InChI is InChI=1S/C41H26N4O/c46-38-23-28-16-7-8-19-31(28)33-24-34-32-20-9-10-21-36(32)45(37(34)25-35(33)38)30-18-11-17-29(22-30)41-43-39(26-12-3-1-4-13-26)42-40(44-41)27-14-5-2-6-15-27/h1-22,24-25H,23H2. The molecule has 0 spiro atoms. The summed E-state index contributed by atoms with van der Waals surface area (Å²) in [7, 11) is 0. The summed E-state index contributed by atoms with van der Waals surface area (Å²) < 4.78 is 2.25. The molecule has 0 unspecified atom stereocenters. The number of carbonyl (C=O) groups excluding carboxylic acids is 1. The SMILES string of the molecule is O=C1Cc2ccccc2-c2cc3c4ccccc4n(-c4cccc(-c5nc(-c6ccccc6)nc(-c6ccccc6)n5)c4)c3cc21. The number of nitrogens with zero attached hydrogens (tertiary/aromatic N) is 4. The van der Waals surface area contributed by atoms with Gasteiger partial charge in [0.1, 0.15) is 0 Å². The van der Waals surface area contributed by atoms with E-state index in [1.54, 1.807) is 0 Å². The zero-order chi connectivity index (χ0) is 30.6. The van der Waals surface area contributed by atoms with Crippen LogP contribution in [0.2, 0.25) is 0 Å². The molecule has 1 aliphatic rings. The van der Waals surface area contributed by atoms with Gasteiger partial charge in [-0.1, -0.05) is 115 Å². The minimum absolute atomic E-state index is 0.147. The second-order valence-electron chi connectivity index (χ2n) is 11.6. The monoisotopic (exact) mass is 590 g/mol. The van der Waals surface area contributed by atoms with Crippen LogP contribution in [0.15, 0.2) is 146 Å². The fourth-order valence-corrected chi connectivity index (χ4v) is 6.67. The van der Waals surface area contributed by atoms with Gasteiger partial charge in [-0.15, -0.1) is 0 Å². The summed E-state index contributed by atoms with van der Waals surface area (Å²) in [5.41, 5.74) is 9.76. The Bertz CT molecular complexity index is 2410. The highest BCUT2D eigenvalue weighted by atomic mass is 16.1. The quantitative estimate of drug-likeness (QED) is 0.205. The van der Waals surface area contributed by atoms with Crippen molar-refractivity contribution < 1.29 is 4.79 Å². The number of rotatable bonds is 4. The molecule has 5 nitrogen and oxygen atoms in total. The van der Waals surface area contributed by atoms with Gasteiger partial charge >= 0.3 is 0 Å². The van der Waals surface area contributed by atoms with Crippen molar-refractivity contribution in [3.8, 4) is 51.0 Å². The first-order valence-corrected chi connectivity index (χ1v) is 15.4. The molecule has 2 aromatic heterocycles. The van der Waals surface area contributed by atoms with Crippen LogP contribution in [0, 0.1) is 0 Å². The number of fused-ring (bicyclic) bond motifs is 6. The van der Waals surface area contributed by atoms with E-state index in [2.05, 4.69) is 65.2 Å². The maximum absolute atomic E-state index is 13.5. The van der Waals surface area contributed by atoms with Gasteiger partial charge in [0.25, 0.3) is 0 Å². The van der Waals surface area contributed by atoms with E-state index in [9.17, 15) is 4.79 Å². The molecule has 0 saturated carbocycles. The van der Waals surface area contributed by atoms with E-state index < -0.39 is 0 Å². The highest BCUT2D eigenvalue weighted by Gasteiger charge is 2.25. The molecule has 0 bridgehead atoms. The number of carbonyl (C=O) groups is 1. The normalized spacial score (nSPS) is 12.3. The van der Waals surface area contributed by atoms with Crippen molar-refractivity contribution in [3.05, 3.63) is 157 Å².